The molecule has 0 unspecified atom stereocenters. The average Bonchev–Trinajstić information content (AvgIpc) is 2.19. The SMILES string of the molecule is O=C(Cc1ccc(Cl)c(Cl)c1)N1CC(O)C1. The summed E-state index contributed by atoms with van der Waals surface area (Å²) < 4.78 is 0. The van der Waals surface area contributed by atoms with Crippen LogP contribution in [0.2, 0.25) is 10.0 Å². The Labute approximate surface area is 104 Å². The zero-order valence-electron chi connectivity index (χ0n) is 8.49. The quantitative estimate of drug-likeness (QED) is 0.879. The van der Waals surface area contributed by atoms with E-state index in [-0.39, 0.29) is 12.0 Å². The predicted molar refractivity (Wildman–Crippen MR) is 62.8 cm³/mol. The summed E-state index contributed by atoms with van der Waals surface area (Å²) in [6.07, 6.45) is -0.0679. The second-order valence-corrected chi connectivity index (χ2v) is 4.69. The van der Waals surface area contributed by atoms with E-state index < -0.39 is 0 Å². The highest BCUT2D eigenvalue weighted by molar-refractivity contribution is 6.42. The molecule has 0 atom stereocenters. The maximum Gasteiger partial charge on any atom is 0.227 e. The van der Waals surface area contributed by atoms with Gasteiger partial charge in [-0.05, 0) is 17.7 Å². The van der Waals surface area contributed by atoms with E-state index >= 15 is 0 Å². The molecule has 16 heavy (non-hydrogen) atoms. The lowest BCUT2D eigenvalue weighted by Crippen LogP contribution is -2.53. The van der Waals surface area contributed by atoms with Crippen molar-refractivity contribution < 1.29 is 9.90 Å². The second-order valence-electron chi connectivity index (χ2n) is 3.88. The monoisotopic (exact) mass is 259 g/mol. The highest BCUT2D eigenvalue weighted by Gasteiger charge is 2.28. The molecule has 1 heterocycles. The van der Waals surface area contributed by atoms with Crippen LogP contribution in [0.5, 0.6) is 0 Å². The molecule has 3 nitrogen and oxygen atoms in total. The fraction of sp³-hybridized carbons (Fsp3) is 0.364. The Morgan fingerprint density at radius 1 is 1.38 bits per heavy atom. The number of halogens is 2. The number of amides is 1. The number of rotatable bonds is 2. The smallest absolute Gasteiger partial charge is 0.227 e. The van der Waals surface area contributed by atoms with Crippen molar-refractivity contribution in [1.82, 2.24) is 4.90 Å². The number of hydrogen-bond acceptors (Lipinski definition) is 2. The third-order valence-electron chi connectivity index (χ3n) is 2.55. The standard InChI is InChI=1S/C11H11Cl2NO2/c12-9-2-1-7(3-10(9)13)4-11(16)14-5-8(15)6-14/h1-3,8,15H,4-6H2. The van der Waals surface area contributed by atoms with Gasteiger partial charge in [-0.15, -0.1) is 0 Å². The van der Waals surface area contributed by atoms with Crippen LogP contribution < -0.4 is 0 Å². The minimum Gasteiger partial charge on any atom is -0.389 e. The molecule has 5 heteroatoms. The zero-order valence-corrected chi connectivity index (χ0v) is 10.0. The summed E-state index contributed by atoms with van der Waals surface area (Å²) in [5.41, 5.74) is 0.834. The minimum atomic E-state index is -0.363. The molecule has 1 aliphatic heterocycles. The molecule has 0 spiro atoms. The molecule has 0 saturated carbocycles. The molecule has 1 saturated heterocycles. The molecule has 1 amide bonds. The Morgan fingerprint density at radius 2 is 2.06 bits per heavy atom. The van der Waals surface area contributed by atoms with Gasteiger partial charge >= 0.3 is 0 Å². The molecule has 0 bridgehead atoms. The van der Waals surface area contributed by atoms with Crippen LogP contribution in [0.15, 0.2) is 18.2 Å². The first-order valence-corrected chi connectivity index (χ1v) is 5.71. The molecule has 86 valence electrons. The second kappa shape index (κ2) is 4.62. The van der Waals surface area contributed by atoms with Gasteiger partial charge in [0.05, 0.1) is 22.6 Å². The van der Waals surface area contributed by atoms with Crippen LogP contribution in [0.4, 0.5) is 0 Å². The number of aliphatic hydroxyl groups excluding tert-OH is 1. The first-order valence-electron chi connectivity index (χ1n) is 4.96. The van der Waals surface area contributed by atoms with Crippen LogP contribution in [0.1, 0.15) is 5.56 Å². The lowest BCUT2D eigenvalue weighted by Gasteiger charge is -2.35. The maximum absolute atomic E-state index is 11.7. The van der Waals surface area contributed by atoms with Gasteiger partial charge in [-0.25, -0.2) is 0 Å². The summed E-state index contributed by atoms with van der Waals surface area (Å²) in [6, 6.07) is 5.15. The summed E-state index contributed by atoms with van der Waals surface area (Å²) in [6.45, 7) is 0.861. The molecule has 1 aromatic carbocycles. The summed E-state index contributed by atoms with van der Waals surface area (Å²) in [5.74, 6) is 0.00342. The molecule has 1 aromatic rings. The molecule has 1 fully saturated rings. The van der Waals surface area contributed by atoms with E-state index in [9.17, 15) is 4.79 Å². The van der Waals surface area contributed by atoms with Crippen molar-refractivity contribution in [1.29, 1.82) is 0 Å². The first-order chi connectivity index (χ1) is 7.56. The van der Waals surface area contributed by atoms with Crippen molar-refractivity contribution in [3.05, 3.63) is 33.8 Å². The topological polar surface area (TPSA) is 40.5 Å². The average molecular weight is 260 g/mol. The van der Waals surface area contributed by atoms with Crippen molar-refractivity contribution in [2.45, 2.75) is 12.5 Å². The van der Waals surface area contributed by atoms with Crippen LogP contribution in [0.25, 0.3) is 0 Å². The van der Waals surface area contributed by atoms with Crippen molar-refractivity contribution in [3.8, 4) is 0 Å². The number of hydrogen-bond donors (Lipinski definition) is 1. The Balaban J connectivity index is 1.98. The van der Waals surface area contributed by atoms with E-state index in [1.807, 2.05) is 0 Å². The van der Waals surface area contributed by atoms with Gasteiger partial charge in [-0.2, -0.15) is 0 Å². The van der Waals surface area contributed by atoms with E-state index in [0.29, 0.717) is 29.6 Å². The summed E-state index contributed by atoms with van der Waals surface area (Å²) in [7, 11) is 0. The van der Waals surface area contributed by atoms with Crippen molar-refractivity contribution in [2.75, 3.05) is 13.1 Å². The van der Waals surface area contributed by atoms with Gasteiger partial charge in [0.25, 0.3) is 0 Å². The zero-order chi connectivity index (χ0) is 11.7. The Hall–Kier alpha value is -0.770. The highest BCUT2D eigenvalue weighted by atomic mass is 35.5. The van der Waals surface area contributed by atoms with Gasteiger partial charge in [-0.3, -0.25) is 4.79 Å². The predicted octanol–water partition coefficient (Wildman–Crippen LogP) is 1.74. The number of carbonyl (C=O) groups is 1. The van der Waals surface area contributed by atoms with Gasteiger partial charge < -0.3 is 10.0 Å². The fourth-order valence-electron chi connectivity index (χ4n) is 1.59. The first kappa shape index (κ1) is 11.7. The van der Waals surface area contributed by atoms with Crippen LogP contribution >= 0.6 is 23.2 Å². The molecule has 1 aliphatic rings. The van der Waals surface area contributed by atoms with Crippen molar-refractivity contribution >= 4 is 29.1 Å². The lowest BCUT2D eigenvalue weighted by molar-refractivity contribution is -0.140. The molecule has 2 rings (SSSR count). The number of benzene rings is 1. The van der Waals surface area contributed by atoms with Gasteiger partial charge in [0.15, 0.2) is 0 Å². The number of carbonyl (C=O) groups excluding carboxylic acids is 1. The third kappa shape index (κ3) is 2.48. The molecular weight excluding hydrogens is 249 g/mol. The Morgan fingerprint density at radius 3 is 2.62 bits per heavy atom. The van der Waals surface area contributed by atoms with Crippen molar-refractivity contribution in [3.63, 3.8) is 0 Å². The fourth-order valence-corrected chi connectivity index (χ4v) is 1.92. The molecule has 1 N–H and O–H groups in total. The van der Waals surface area contributed by atoms with Gasteiger partial charge in [-0.1, -0.05) is 29.3 Å². The molecule has 0 aliphatic carbocycles. The van der Waals surface area contributed by atoms with Crippen LogP contribution in [-0.2, 0) is 11.2 Å². The van der Waals surface area contributed by atoms with Crippen LogP contribution in [0.3, 0.4) is 0 Å². The summed E-state index contributed by atoms with van der Waals surface area (Å²) in [4.78, 5) is 13.3. The molecular formula is C11H11Cl2NO2. The summed E-state index contributed by atoms with van der Waals surface area (Å²) >= 11 is 11.6. The molecule has 0 radical (unpaired) electrons. The number of likely N-dealkylation sites (tertiary alicyclic amines) is 1. The maximum atomic E-state index is 11.7. The van der Waals surface area contributed by atoms with Gasteiger partial charge in [0.2, 0.25) is 5.91 Å². The number of β-amino-alcohol motifs (C(OH)–C–C–N with tert-alkyl or cyclic N) is 1. The number of aliphatic hydroxyl groups is 1. The van der Waals surface area contributed by atoms with E-state index in [0.717, 1.165) is 5.56 Å². The Bertz CT molecular complexity index is 416. The van der Waals surface area contributed by atoms with E-state index in [2.05, 4.69) is 0 Å². The minimum absolute atomic E-state index is 0.00342. The van der Waals surface area contributed by atoms with Crippen molar-refractivity contribution in [2.24, 2.45) is 0 Å². The summed E-state index contributed by atoms with van der Waals surface area (Å²) in [5, 5.41) is 10.0. The van der Waals surface area contributed by atoms with Crippen LogP contribution in [-0.4, -0.2) is 35.1 Å². The Kier molecular flexibility index (Phi) is 3.38. The van der Waals surface area contributed by atoms with E-state index in [1.54, 1.807) is 23.1 Å². The van der Waals surface area contributed by atoms with E-state index in [4.69, 9.17) is 28.3 Å². The van der Waals surface area contributed by atoms with Crippen LogP contribution in [0, 0.1) is 0 Å². The van der Waals surface area contributed by atoms with E-state index in [1.165, 1.54) is 0 Å². The lowest BCUT2D eigenvalue weighted by atomic mass is 10.1. The molecule has 0 aromatic heterocycles. The number of nitrogens with zero attached hydrogens (tertiary/aromatic N) is 1. The third-order valence-corrected chi connectivity index (χ3v) is 3.29. The van der Waals surface area contributed by atoms with Gasteiger partial charge in [0, 0.05) is 13.1 Å². The normalized spacial score (nSPS) is 16.1. The highest BCUT2D eigenvalue weighted by Crippen LogP contribution is 2.23. The van der Waals surface area contributed by atoms with Gasteiger partial charge in [0.1, 0.15) is 0 Å². The largest absolute Gasteiger partial charge is 0.389 e.